The molecule has 3 atom stereocenters. The van der Waals surface area contributed by atoms with Crippen LogP contribution < -0.4 is 5.32 Å². The standard InChI is InChI=1S/C28H45N3O2/c1-5-22-18-29-26(30-19-22)31(20-24-8-6-7-21(2)17-24)16-13-23-9-11-25(12-10-23)33-27(3,4)28(32)14-15-28/h6-7,9,18,21,24-25,32H,5,8,10-17,19-20H2,1-4H3,(H,29,30). The molecule has 1 fully saturated rings. The molecule has 184 valence electrons. The quantitative estimate of drug-likeness (QED) is 0.461. The third kappa shape index (κ3) is 6.30. The van der Waals surface area contributed by atoms with Gasteiger partial charge in [-0.2, -0.15) is 0 Å². The maximum atomic E-state index is 10.5. The Kier molecular flexibility index (Phi) is 7.69. The van der Waals surface area contributed by atoms with Crippen molar-refractivity contribution in [3.05, 3.63) is 35.6 Å². The summed E-state index contributed by atoms with van der Waals surface area (Å²) in [6.07, 6.45) is 18.9. The molecule has 4 aliphatic rings. The molecule has 33 heavy (non-hydrogen) atoms. The average Bonchev–Trinajstić information content (AvgIpc) is 3.57. The predicted molar refractivity (Wildman–Crippen MR) is 136 cm³/mol. The van der Waals surface area contributed by atoms with Crippen LogP contribution in [0.15, 0.2) is 40.6 Å². The van der Waals surface area contributed by atoms with Crippen molar-refractivity contribution < 1.29 is 9.84 Å². The Labute approximate surface area is 201 Å². The van der Waals surface area contributed by atoms with E-state index in [-0.39, 0.29) is 6.10 Å². The molecule has 3 aliphatic carbocycles. The predicted octanol–water partition coefficient (Wildman–Crippen LogP) is 5.33. The highest BCUT2D eigenvalue weighted by Gasteiger charge is 2.54. The maximum Gasteiger partial charge on any atom is 0.198 e. The summed E-state index contributed by atoms with van der Waals surface area (Å²) >= 11 is 0. The number of nitrogens with zero attached hydrogens (tertiary/aromatic N) is 2. The number of allylic oxidation sites excluding steroid dienone is 2. The summed E-state index contributed by atoms with van der Waals surface area (Å²) in [5, 5.41) is 14.0. The number of nitrogens with one attached hydrogen (secondary N) is 1. The zero-order chi connectivity index (χ0) is 23.5. The van der Waals surface area contributed by atoms with E-state index in [1.54, 1.807) is 5.57 Å². The van der Waals surface area contributed by atoms with Crippen molar-refractivity contribution >= 4 is 5.96 Å². The third-order valence-electron chi connectivity index (χ3n) is 8.17. The van der Waals surface area contributed by atoms with Gasteiger partial charge in [-0.15, -0.1) is 0 Å². The fourth-order valence-electron chi connectivity index (χ4n) is 5.51. The van der Waals surface area contributed by atoms with Gasteiger partial charge in [0.1, 0.15) is 0 Å². The molecule has 3 unspecified atom stereocenters. The summed E-state index contributed by atoms with van der Waals surface area (Å²) in [5.41, 5.74) is 1.86. The van der Waals surface area contributed by atoms with E-state index in [9.17, 15) is 5.11 Å². The Balaban J connectivity index is 1.32. The first kappa shape index (κ1) is 24.5. The van der Waals surface area contributed by atoms with E-state index >= 15 is 0 Å². The summed E-state index contributed by atoms with van der Waals surface area (Å²) in [5.74, 6) is 2.42. The molecule has 1 saturated carbocycles. The van der Waals surface area contributed by atoms with Crippen LogP contribution in [0.3, 0.4) is 0 Å². The minimum atomic E-state index is -0.608. The first-order valence-corrected chi connectivity index (χ1v) is 13.3. The lowest BCUT2D eigenvalue weighted by Crippen LogP contribution is -2.45. The molecule has 0 amide bonds. The van der Waals surface area contributed by atoms with Gasteiger partial charge in [-0.05, 0) is 89.0 Å². The zero-order valence-electron chi connectivity index (χ0n) is 21.3. The van der Waals surface area contributed by atoms with Crippen LogP contribution in [-0.4, -0.2) is 52.9 Å². The van der Waals surface area contributed by atoms with Gasteiger partial charge in [-0.3, -0.25) is 0 Å². The molecule has 5 nitrogen and oxygen atoms in total. The summed E-state index contributed by atoms with van der Waals surface area (Å²) < 4.78 is 6.36. The van der Waals surface area contributed by atoms with Crippen LogP contribution in [0.1, 0.15) is 85.5 Å². The number of hydrogen-bond acceptors (Lipinski definition) is 5. The van der Waals surface area contributed by atoms with Gasteiger partial charge in [0.25, 0.3) is 0 Å². The molecule has 0 radical (unpaired) electrons. The fraction of sp³-hybridized carbons (Fsp3) is 0.750. The van der Waals surface area contributed by atoms with Crippen molar-refractivity contribution in [3.8, 4) is 0 Å². The van der Waals surface area contributed by atoms with Crippen molar-refractivity contribution in [2.75, 3.05) is 19.6 Å². The van der Waals surface area contributed by atoms with Crippen LogP contribution in [0.4, 0.5) is 0 Å². The monoisotopic (exact) mass is 455 g/mol. The molecule has 0 aromatic heterocycles. The highest BCUT2D eigenvalue weighted by Crippen LogP contribution is 2.47. The van der Waals surface area contributed by atoms with Gasteiger partial charge in [0.2, 0.25) is 0 Å². The Morgan fingerprint density at radius 3 is 2.70 bits per heavy atom. The zero-order valence-corrected chi connectivity index (χ0v) is 21.3. The Bertz CT molecular complexity index is 806. The molecular weight excluding hydrogens is 410 g/mol. The second-order valence-electron chi connectivity index (χ2n) is 11.3. The highest BCUT2D eigenvalue weighted by molar-refractivity contribution is 5.82. The topological polar surface area (TPSA) is 57.1 Å². The third-order valence-corrected chi connectivity index (χ3v) is 8.17. The van der Waals surface area contributed by atoms with E-state index in [2.05, 4.69) is 62.3 Å². The van der Waals surface area contributed by atoms with Gasteiger partial charge in [-0.1, -0.05) is 37.6 Å². The van der Waals surface area contributed by atoms with E-state index in [1.807, 2.05) is 0 Å². The van der Waals surface area contributed by atoms with Crippen molar-refractivity contribution in [1.29, 1.82) is 0 Å². The summed E-state index contributed by atoms with van der Waals surface area (Å²) in [4.78, 5) is 7.39. The molecule has 4 rings (SSSR count). The van der Waals surface area contributed by atoms with Gasteiger partial charge in [0.15, 0.2) is 5.96 Å². The number of aliphatic imine (C=N–C) groups is 1. The van der Waals surface area contributed by atoms with E-state index < -0.39 is 11.2 Å². The second-order valence-corrected chi connectivity index (χ2v) is 11.3. The van der Waals surface area contributed by atoms with Crippen LogP contribution in [0, 0.1) is 11.8 Å². The van der Waals surface area contributed by atoms with Crippen LogP contribution in [-0.2, 0) is 4.74 Å². The number of guanidine groups is 1. The second kappa shape index (κ2) is 10.4. The lowest BCUT2D eigenvalue weighted by molar-refractivity contribution is -0.149. The van der Waals surface area contributed by atoms with Crippen LogP contribution in [0.5, 0.6) is 0 Å². The SMILES string of the molecule is CCC1=CNC(N(CCC2=CCC(OC(C)(C)C3(O)CC3)CC2)CC2CC=CC(C)C2)=NC1. The van der Waals surface area contributed by atoms with Crippen molar-refractivity contribution in [3.63, 3.8) is 0 Å². The van der Waals surface area contributed by atoms with E-state index in [0.29, 0.717) is 11.8 Å². The summed E-state index contributed by atoms with van der Waals surface area (Å²) in [6, 6.07) is 0. The van der Waals surface area contributed by atoms with Gasteiger partial charge < -0.3 is 20.1 Å². The first-order valence-electron chi connectivity index (χ1n) is 13.3. The summed E-state index contributed by atoms with van der Waals surface area (Å²) in [7, 11) is 0. The molecule has 5 heteroatoms. The molecule has 0 spiro atoms. The largest absolute Gasteiger partial charge is 0.387 e. The van der Waals surface area contributed by atoms with E-state index in [1.165, 1.54) is 18.4 Å². The van der Waals surface area contributed by atoms with Crippen LogP contribution >= 0.6 is 0 Å². The first-order chi connectivity index (χ1) is 15.8. The molecular formula is C28H45N3O2. The number of ether oxygens (including phenoxy) is 1. The number of rotatable bonds is 9. The Morgan fingerprint density at radius 2 is 2.09 bits per heavy atom. The van der Waals surface area contributed by atoms with Gasteiger partial charge in [0, 0.05) is 19.3 Å². The Hall–Kier alpha value is -1.59. The summed E-state index contributed by atoms with van der Waals surface area (Å²) in [6.45, 7) is 11.5. The van der Waals surface area contributed by atoms with Crippen molar-refractivity contribution in [1.82, 2.24) is 10.2 Å². The minimum Gasteiger partial charge on any atom is -0.387 e. The van der Waals surface area contributed by atoms with Gasteiger partial charge in [-0.25, -0.2) is 4.99 Å². The molecule has 0 saturated heterocycles. The lowest BCUT2D eigenvalue weighted by atomic mass is 9.87. The van der Waals surface area contributed by atoms with Crippen LogP contribution in [0.2, 0.25) is 0 Å². The van der Waals surface area contributed by atoms with Crippen molar-refractivity contribution in [2.24, 2.45) is 16.8 Å². The number of aliphatic hydroxyl groups is 1. The maximum absolute atomic E-state index is 10.5. The van der Waals surface area contributed by atoms with Gasteiger partial charge in [0.05, 0.1) is 23.9 Å². The molecule has 1 heterocycles. The average molecular weight is 456 g/mol. The van der Waals surface area contributed by atoms with E-state index in [0.717, 1.165) is 70.5 Å². The number of hydrogen-bond donors (Lipinski definition) is 2. The Morgan fingerprint density at radius 1 is 1.27 bits per heavy atom. The lowest BCUT2D eigenvalue weighted by Gasteiger charge is -2.37. The molecule has 0 aromatic carbocycles. The minimum absolute atomic E-state index is 0.224. The van der Waals surface area contributed by atoms with Crippen molar-refractivity contribution in [2.45, 2.75) is 103 Å². The molecule has 0 bridgehead atoms. The smallest absolute Gasteiger partial charge is 0.198 e. The fourth-order valence-corrected chi connectivity index (χ4v) is 5.51. The molecule has 0 aromatic rings. The van der Waals surface area contributed by atoms with E-state index in [4.69, 9.17) is 9.73 Å². The van der Waals surface area contributed by atoms with Gasteiger partial charge >= 0.3 is 0 Å². The highest BCUT2D eigenvalue weighted by atomic mass is 16.5. The normalized spacial score (nSPS) is 29.0. The molecule has 1 aliphatic heterocycles. The molecule has 2 N–H and O–H groups in total. The van der Waals surface area contributed by atoms with Crippen LogP contribution in [0.25, 0.3) is 0 Å².